The van der Waals surface area contributed by atoms with E-state index in [9.17, 15) is 13.2 Å². The van der Waals surface area contributed by atoms with Gasteiger partial charge in [0.25, 0.3) is 15.9 Å². The molecule has 2 rings (SSSR count). The topological polar surface area (TPSA) is 84.5 Å². The monoisotopic (exact) mass is 334 g/mol. The van der Waals surface area contributed by atoms with E-state index in [1.165, 1.54) is 19.2 Å². The van der Waals surface area contributed by atoms with Gasteiger partial charge in [0.05, 0.1) is 12.0 Å². The summed E-state index contributed by atoms with van der Waals surface area (Å²) in [5, 5.41) is 0. The van der Waals surface area contributed by atoms with Crippen molar-refractivity contribution >= 4 is 21.6 Å². The molecule has 0 aliphatic heterocycles. The van der Waals surface area contributed by atoms with Gasteiger partial charge in [-0.3, -0.25) is 14.4 Å². The molecule has 23 heavy (non-hydrogen) atoms. The van der Waals surface area contributed by atoms with Crippen molar-refractivity contribution in [2.24, 2.45) is 0 Å². The first-order chi connectivity index (χ1) is 10.8. The first-order valence-corrected chi connectivity index (χ1v) is 8.35. The fourth-order valence-electron chi connectivity index (χ4n) is 2.01. The van der Waals surface area contributed by atoms with E-state index in [-0.39, 0.29) is 10.5 Å². The summed E-state index contributed by atoms with van der Waals surface area (Å²) in [6.45, 7) is 3.59. The van der Waals surface area contributed by atoms with Crippen molar-refractivity contribution in [3.63, 3.8) is 0 Å². The van der Waals surface area contributed by atoms with Gasteiger partial charge in [-0.1, -0.05) is 23.8 Å². The smallest absolute Gasteiger partial charge is 0.274 e. The van der Waals surface area contributed by atoms with Crippen molar-refractivity contribution < 1.29 is 18.0 Å². The Kier molecular flexibility index (Phi) is 5.02. The number of hydroxylamine groups is 1. The summed E-state index contributed by atoms with van der Waals surface area (Å²) in [4.78, 5) is 16.4. The molecule has 7 heteroatoms. The zero-order valence-corrected chi connectivity index (χ0v) is 13.9. The molecule has 122 valence electrons. The average molecular weight is 334 g/mol. The Balaban J connectivity index is 2.36. The van der Waals surface area contributed by atoms with Gasteiger partial charge in [0.1, 0.15) is 0 Å². The van der Waals surface area contributed by atoms with Crippen LogP contribution < -0.4 is 10.2 Å². The zero-order valence-electron chi connectivity index (χ0n) is 13.1. The maximum atomic E-state index is 12.6. The van der Waals surface area contributed by atoms with Crippen LogP contribution in [0.25, 0.3) is 0 Å². The number of hydrogen-bond donors (Lipinski definition) is 2. The highest BCUT2D eigenvalue weighted by molar-refractivity contribution is 7.92. The largest absolute Gasteiger partial charge is 0.280 e. The highest BCUT2D eigenvalue weighted by Crippen LogP contribution is 2.21. The molecule has 2 aromatic rings. The number of aryl methyl sites for hydroxylation is 2. The summed E-state index contributed by atoms with van der Waals surface area (Å²) in [5.74, 6) is -0.515. The summed E-state index contributed by atoms with van der Waals surface area (Å²) >= 11 is 0. The minimum atomic E-state index is -3.80. The summed E-state index contributed by atoms with van der Waals surface area (Å²) in [6.07, 6.45) is 0. The molecule has 2 aromatic carbocycles. The second-order valence-corrected chi connectivity index (χ2v) is 6.74. The van der Waals surface area contributed by atoms with E-state index in [1.54, 1.807) is 25.1 Å². The number of amides is 1. The molecule has 0 aliphatic carbocycles. The Morgan fingerprint density at radius 1 is 1.04 bits per heavy atom. The first kappa shape index (κ1) is 17.0. The Morgan fingerprint density at radius 2 is 1.70 bits per heavy atom. The Labute approximate surface area is 135 Å². The molecule has 0 saturated carbocycles. The SMILES string of the molecule is CONC(=O)c1ccc(C)c(S(=O)(=O)Nc2ccc(C)cc2)c1. The van der Waals surface area contributed by atoms with Crippen LogP contribution in [0.1, 0.15) is 21.5 Å². The van der Waals surface area contributed by atoms with Crippen LogP contribution in [0.5, 0.6) is 0 Å². The van der Waals surface area contributed by atoms with Crippen molar-refractivity contribution in [1.29, 1.82) is 0 Å². The van der Waals surface area contributed by atoms with E-state index in [0.717, 1.165) is 5.56 Å². The lowest BCUT2D eigenvalue weighted by atomic mass is 10.1. The van der Waals surface area contributed by atoms with Gasteiger partial charge in [0.2, 0.25) is 0 Å². The predicted octanol–water partition coefficient (Wildman–Crippen LogP) is 2.40. The van der Waals surface area contributed by atoms with Gasteiger partial charge < -0.3 is 0 Å². The third-order valence-corrected chi connectivity index (χ3v) is 4.76. The second-order valence-electron chi connectivity index (χ2n) is 5.09. The standard InChI is InChI=1S/C16H18N2O4S/c1-11-4-8-14(9-5-11)18-23(20,21)15-10-13(7-6-12(15)2)16(19)17-22-3/h4-10,18H,1-3H3,(H,17,19). The molecule has 0 radical (unpaired) electrons. The molecule has 6 nitrogen and oxygen atoms in total. The van der Waals surface area contributed by atoms with Gasteiger partial charge in [0, 0.05) is 11.3 Å². The van der Waals surface area contributed by atoms with Crippen molar-refractivity contribution in [2.75, 3.05) is 11.8 Å². The summed E-state index contributed by atoms with van der Waals surface area (Å²) in [6, 6.07) is 11.4. The van der Waals surface area contributed by atoms with Crippen molar-refractivity contribution in [3.8, 4) is 0 Å². The van der Waals surface area contributed by atoms with E-state index < -0.39 is 15.9 Å². The molecule has 0 fully saturated rings. The van der Waals surface area contributed by atoms with Crippen LogP contribution in [-0.4, -0.2) is 21.4 Å². The maximum Gasteiger partial charge on any atom is 0.274 e. The lowest BCUT2D eigenvalue weighted by Gasteiger charge is -2.12. The lowest BCUT2D eigenvalue weighted by molar-refractivity contribution is 0.0537. The molecule has 1 amide bonds. The van der Waals surface area contributed by atoms with Gasteiger partial charge in [-0.2, -0.15) is 0 Å². The van der Waals surface area contributed by atoms with Crippen LogP contribution in [0, 0.1) is 13.8 Å². The lowest BCUT2D eigenvalue weighted by Crippen LogP contribution is -2.22. The Hall–Kier alpha value is -2.38. The van der Waals surface area contributed by atoms with Gasteiger partial charge >= 0.3 is 0 Å². The van der Waals surface area contributed by atoms with E-state index in [0.29, 0.717) is 11.3 Å². The third kappa shape index (κ3) is 4.08. The fourth-order valence-corrected chi connectivity index (χ4v) is 3.34. The van der Waals surface area contributed by atoms with E-state index in [4.69, 9.17) is 0 Å². The van der Waals surface area contributed by atoms with Crippen LogP contribution in [-0.2, 0) is 14.9 Å². The normalized spacial score (nSPS) is 11.1. The fraction of sp³-hybridized carbons (Fsp3) is 0.188. The van der Waals surface area contributed by atoms with Crippen molar-refractivity contribution in [1.82, 2.24) is 5.48 Å². The maximum absolute atomic E-state index is 12.6. The molecule has 0 aromatic heterocycles. The molecule has 2 N–H and O–H groups in total. The number of carbonyl (C=O) groups excluding carboxylic acids is 1. The highest BCUT2D eigenvalue weighted by atomic mass is 32.2. The van der Waals surface area contributed by atoms with Crippen LogP contribution in [0.15, 0.2) is 47.4 Å². The van der Waals surface area contributed by atoms with Gasteiger partial charge in [-0.25, -0.2) is 13.9 Å². The average Bonchev–Trinajstić information content (AvgIpc) is 2.50. The van der Waals surface area contributed by atoms with E-state index in [1.807, 2.05) is 19.1 Å². The quantitative estimate of drug-likeness (QED) is 0.822. The number of sulfonamides is 1. The number of nitrogens with one attached hydrogen (secondary N) is 2. The minimum absolute atomic E-state index is 0.0434. The van der Waals surface area contributed by atoms with Crippen molar-refractivity contribution in [3.05, 3.63) is 59.2 Å². The first-order valence-electron chi connectivity index (χ1n) is 6.87. The second kappa shape index (κ2) is 6.80. The van der Waals surface area contributed by atoms with Crippen molar-refractivity contribution in [2.45, 2.75) is 18.7 Å². The number of benzene rings is 2. The summed E-state index contributed by atoms with van der Waals surface area (Å²) < 4.78 is 27.6. The molecule has 0 aliphatic rings. The molecule has 0 heterocycles. The molecular formula is C16H18N2O4S. The number of hydrogen-bond acceptors (Lipinski definition) is 4. The molecule has 0 unspecified atom stereocenters. The Bertz CT molecular complexity index is 814. The van der Waals surface area contributed by atoms with Gasteiger partial charge in [-0.15, -0.1) is 0 Å². The molecule has 0 atom stereocenters. The van der Waals surface area contributed by atoms with Gasteiger partial charge in [-0.05, 0) is 43.7 Å². The van der Waals surface area contributed by atoms with E-state index in [2.05, 4.69) is 15.0 Å². The zero-order chi connectivity index (χ0) is 17.0. The van der Waals surface area contributed by atoms with E-state index >= 15 is 0 Å². The minimum Gasteiger partial charge on any atom is -0.280 e. The highest BCUT2D eigenvalue weighted by Gasteiger charge is 2.19. The summed E-state index contributed by atoms with van der Waals surface area (Å²) in [7, 11) is -2.49. The Morgan fingerprint density at radius 3 is 2.30 bits per heavy atom. The van der Waals surface area contributed by atoms with Crippen LogP contribution >= 0.6 is 0 Å². The predicted molar refractivity (Wildman–Crippen MR) is 87.6 cm³/mol. The van der Waals surface area contributed by atoms with Gasteiger partial charge in [0.15, 0.2) is 0 Å². The third-order valence-electron chi connectivity index (χ3n) is 3.24. The van der Waals surface area contributed by atoms with Crippen LogP contribution in [0.4, 0.5) is 5.69 Å². The molecular weight excluding hydrogens is 316 g/mol. The number of rotatable bonds is 5. The molecule has 0 saturated heterocycles. The van der Waals surface area contributed by atoms with Crippen LogP contribution in [0.3, 0.4) is 0 Å². The molecule has 0 bridgehead atoms. The number of anilines is 1. The van der Waals surface area contributed by atoms with Crippen LogP contribution in [0.2, 0.25) is 0 Å². The number of carbonyl (C=O) groups is 1. The molecule has 0 spiro atoms. The summed E-state index contributed by atoms with van der Waals surface area (Å²) in [5.41, 5.74) is 4.39.